The number of nitrogens with zero attached hydrogens (tertiary/aromatic N) is 4. The van der Waals surface area contributed by atoms with Crippen LogP contribution in [0.15, 0.2) is 54.7 Å². The first-order valence-electron chi connectivity index (χ1n) is 12.1. The van der Waals surface area contributed by atoms with Crippen LogP contribution in [0.5, 0.6) is 0 Å². The van der Waals surface area contributed by atoms with Crippen molar-refractivity contribution < 1.29 is 9.59 Å². The van der Waals surface area contributed by atoms with Crippen LogP contribution in [0.3, 0.4) is 0 Å². The van der Waals surface area contributed by atoms with Crippen molar-refractivity contribution in [2.24, 2.45) is 0 Å². The van der Waals surface area contributed by atoms with Gasteiger partial charge in [0.05, 0.1) is 11.6 Å². The maximum atomic E-state index is 13.2. The van der Waals surface area contributed by atoms with E-state index in [1.54, 1.807) is 0 Å². The fourth-order valence-electron chi connectivity index (χ4n) is 5.08. The van der Waals surface area contributed by atoms with Crippen molar-refractivity contribution in [1.29, 1.82) is 0 Å². The molecule has 1 aromatic carbocycles. The van der Waals surface area contributed by atoms with Gasteiger partial charge in [0.15, 0.2) is 5.69 Å². The second-order valence-corrected chi connectivity index (χ2v) is 8.96. The summed E-state index contributed by atoms with van der Waals surface area (Å²) in [6.07, 6.45) is 7.47. The number of amides is 2. The molecule has 7 nitrogen and oxygen atoms in total. The standard InChI is InChI=1S/C26H31N5O2/c32-25(27-14-19-29-15-6-2-7-16-29)23-21-12-5-8-17-30(21)24(28-23)22-13-9-18-31(22)26(33)20-10-3-1-4-11-20/h1,3-5,8,10-12,17,22H,2,6-7,9,13-16,18-19H2,(H,27,32)/t22-/m0/s1. The molecule has 2 saturated heterocycles. The predicted molar refractivity (Wildman–Crippen MR) is 127 cm³/mol. The second-order valence-electron chi connectivity index (χ2n) is 8.96. The fraction of sp³-hybridized carbons (Fsp3) is 0.423. The Bertz CT molecular complexity index is 1120. The van der Waals surface area contributed by atoms with Crippen LogP contribution in [-0.2, 0) is 0 Å². The van der Waals surface area contributed by atoms with Crippen LogP contribution in [-0.4, -0.2) is 63.7 Å². The average Bonchev–Trinajstić information content (AvgIpc) is 3.50. The Kier molecular flexibility index (Phi) is 6.39. The highest BCUT2D eigenvalue weighted by Crippen LogP contribution is 2.33. The van der Waals surface area contributed by atoms with Gasteiger partial charge in [0.1, 0.15) is 5.82 Å². The highest BCUT2D eigenvalue weighted by atomic mass is 16.2. The minimum Gasteiger partial charge on any atom is -0.349 e. The number of benzene rings is 1. The zero-order chi connectivity index (χ0) is 22.6. The molecular weight excluding hydrogens is 414 g/mol. The van der Waals surface area contributed by atoms with Gasteiger partial charge in [-0.3, -0.25) is 9.59 Å². The van der Waals surface area contributed by atoms with Gasteiger partial charge < -0.3 is 19.5 Å². The largest absolute Gasteiger partial charge is 0.349 e. The lowest BCUT2D eigenvalue weighted by Gasteiger charge is -2.26. The van der Waals surface area contributed by atoms with Gasteiger partial charge in [-0.25, -0.2) is 4.98 Å². The molecule has 0 radical (unpaired) electrons. The van der Waals surface area contributed by atoms with Crippen molar-refractivity contribution in [3.8, 4) is 0 Å². The highest BCUT2D eigenvalue weighted by molar-refractivity contribution is 5.99. The molecule has 2 aromatic heterocycles. The Morgan fingerprint density at radius 1 is 0.939 bits per heavy atom. The third kappa shape index (κ3) is 4.50. The molecule has 5 rings (SSSR count). The lowest BCUT2D eigenvalue weighted by atomic mass is 10.1. The number of piperidine rings is 1. The van der Waals surface area contributed by atoms with Crippen LogP contribution in [0.25, 0.3) is 5.52 Å². The van der Waals surface area contributed by atoms with Crippen molar-refractivity contribution in [3.63, 3.8) is 0 Å². The number of carbonyl (C=O) groups is 2. The number of carbonyl (C=O) groups excluding carboxylic acids is 2. The first kappa shape index (κ1) is 21.6. The molecule has 2 aliphatic rings. The van der Waals surface area contributed by atoms with Crippen LogP contribution in [0, 0.1) is 0 Å². The van der Waals surface area contributed by atoms with E-state index in [2.05, 4.69) is 10.2 Å². The van der Waals surface area contributed by atoms with Gasteiger partial charge >= 0.3 is 0 Å². The zero-order valence-corrected chi connectivity index (χ0v) is 18.9. The SMILES string of the molecule is O=C(NCCN1CCCCC1)c1nc([C@@H]2CCCN2C(=O)c2ccccc2)n2ccccc12. The molecule has 2 fully saturated rings. The Labute approximate surface area is 194 Å². The topological polar surface area (TPSA) is 70.0 Å². The number of imidazole rings is 1. The summed E-state index contributed by atoms with van der Waals surface area (Å²) < 4.78 is 1.97. The van der Waals surface area contributed by atoms with E-state index in [1.165, 1.54) is 19.3 Å². The van der Waals surface area contributed by atoms with E-state index in [0.717, 1.165) is 43.8 Å². The quantitative estimate of drug-likeness (QED) is 0.630. The van der Waals surface area contributed by atoms with Crippen molar-refractivity contribution in [3.05, 3.63) is 71.8 Å². The van der Waals surface area contributed by atoms with Crippen molar-refractivity contribution in [2.45, 2.75) is 38.1 Å². The van der Waals surface area contributed by atoms with Crippen LogP contribution in [0.1, 0.15) is 64.8 Å². The molecule has 0 aliphatic carbocycles. The van der Waals surface area contributed by atoms with E-state index in [1.807, 2.05) is 64.0 Å². The van der Waals surface area contributed by atoms with E-state index in [-0.39, 0.29) is 17.9 Å². The third-order valence-corrected chi connectivity index (χ3v) is 6.79. The van der Waals surface area contributed by atoms with Gasteiger partial charge in [0, 0.05) is 31.4 Å². The number of hydrogen-bond acceptors (Lipinski definition) is 4. The molecule has 0 unspecified atom stereocenters. The molecule has 2 aliphatic heterocycles. The van der Waals surface area contributed by atoms with Gasteiger partial charge in [-0.05, 0) is 63.0 Å². The van der Waals surface area contributed by atoms with Crippen LogP contribution < -0.4 is 5.32 Å². The van der Waals surface area contributed by atoms with Crippen molar-refractivity contribution in [2.75, 3.05) is 32.7 Å². The van der Waals surface area contributed by atoms with E-state index < -0.39 is 0 Å². The normalized spacial score (nSPS) is 19.2. The molecule has 33 heavy (non-hydrogen) atoms. The molecule has 172 valence electrons. The second kappa shape index (κ2) is 9.75. The van der Waals surface area contributed by atoms with Gasteiger partial charge in [0.2, 0.25) is 0 Å². The van der Waals surface area contributed by atoms with Crippen molar-refractivity contribution >= 4 is 17.3 Å². The highest BCUT2D eigenvalue weighted by Gasteiger charge is 2.34. The fourth-order valence-corrected chi connectivity index (χ4v) is 5.08. The lowest BCUT2D eigenvalue weighted by Crippen LogP contribution is -2.37. The van der Waals surface area contributed by atoms with Crippen molar-refractivity contribution in [1.82, 2.24) is 24.5 Å². The molecule has 3 aromatic rings. The number of hydrogen-bond donors (Lipinski definition) is 1. The Morgan fingerprint density at radius 2 is 1.73 bits per heavy atom. The number of nitrogens with one attached hydrogen (secondary N) is 1. The van der Waals surface area contributed by atoms with Crippen LogP contribution >= 0.6 is 0 Å². The molecule has 1 N–H and O–H groups in total. The number of aromatic nitrogens is 2. The summed E-state index contributed by atoms with van der Waals surface area (Å²) in [4.78, 5) is 35.4. The smallest absolute Gasteiger partial charge is 0.272 e. The number of pyridine rings is 1. The third-order valence-electron chi connectivity index (χ3n) is 6.79. The summed E-state index contributed by atoms with van der Waals surface area (Å²) in [5, 5.41) is 3.07. The van der Waals surface area contributed by atoms with E-state index >= 15 is 0 Å². The van der Waals surface area contributed by atoms with Gasteiger partial charge in [-0.15, -0.1) is 0 Å². The molecule has 0 saturated carbocycles. The van der Waals surface area contributed by atoms with Gasteiger partial charge in [-0.2, -0.15) is 0 Å². The summed E-state index contributed by atoms with van der Waals surface area (Å²) in [7, 11) is 0. The Morgan fingerprint density at radius 3 is 2.55 bits per heavy atom. The summed E-state index contributed by atoms with van der Waals surface area (Å²) in [6, 6.07) is 15.0. The average molecular weight is 446 g/mol. The predicted octanol–water partition coefficient (Wildman–Crippen LogP) is 3.53. The summed E-state index contributed by atoms with van der Waals surface area (Å²) in [6.45, 7) is 4.40. The summed E-state index contributed by atoms with van der Waals surface area (Å²) in [5.41, 5.74) is 1.89. The molecular formula is C26H31N5O2. The zero-order valence-electron chi connectivity index (χ0n) is 18.9. The van der Waals surface area contributed by atoms with Crippen LogP contribution in [0.4, 0.5) is 0 Å². The molecule has 4 heterocycles. The lowest BCUT2D eigenvalue weighted by molar-refractivity contribution is 0.0729. The Hall–Kier alpha value is -3.19. The minimum absolute atomic E-state index is 0.0123. The molecule has 1 atom stereocenters. The number of fused-ring (bicyclic) bond motifs is 1. The number of rotatable bonds is 6. The first-order valence-corrected chi connectivity index (χ1v) is 12.1. The van der Waals surface area contributed by atoms with Gasteiger partial charge in [-0.1, -0.05) is 30.7 Å². The Balaban J connectivity index is 1.36. The minimum atomic E-state index is -0.152. The van der Waals surface area contributed by atoms with Gasteiger partial charge in [0.25, 0.3) is 11.8 Å². The molecule has 2 amide bonds. The first-order chi connectivity index (χ1) is 16.2. The van der Waals surface area contributed by atoms with E-state index in [9.17, 15) is 9.59 Å². The van der Waals surface area contributed by atoms with Crippen LogP contribution in [0.2, 0.25) is 0 Å². The molecule has 7 heteroatoms. The maximum absolute atomic E-state index is 13.2. The van der Waals surface area contributed by atoms with E-state index in [4.69, 9.17) is 4.98 Å². The summed E-state index contributed by atoms with van der Waals surface area (Å²) >= 11 is 0. The molecule has 0 spiro atoms. The maximum Gasteiger partial charge on any atom is 0.272 e. The van der Waals surface area contributed by atoms with E-state index in [0.29, 0.717) is 24.3 Å². The molecule has 0 bridgehead atoms. The monoisotopic (exact) mass is 445 g/mol. The summed E-state index contributed by atoms with van der Waals surface area (Å²) in [5.74, 6) is 0.618. The number of likely N-dealkylation sites (tertiary alicyclic amines) is 2.